The SMILES string of the molecule is O=C(CSC1=Nc2ccccc2C2=NC(c3ccccc3)C(=O)N12)Nc1ccccc1C(F)(F)F. The highest BCUT2D eigenvalue weighted by Crippen LogP contribution is 2.38. The smallest absolute Gasteiger partial charge is 0.325 e. The third-order valence-corrected chi connectivity index (χ3v) is 6.36. The number of carbonyl (C=O) groups is 2. The van der Waals surface area contributed by atoms with E-state index in [0.29, 0.717) is 17.1 Å². The number of thioether (sulfide) groups is 1. The lowest BCUT2D eigenvalue weighted by Crippen LogP contribution is -2.40. The zero-order chi connectivity index (χ0) is 24.6. The first kappa shape index (κ1) is 22.9. The Bertz CT molecular complexity index is 1370. The van der Waals surface area contributed by atoms with Crippen LogP contribution in [-0.4, -0.2) is 33.5 Å². The number of fused-ring (bicyclic) bond motifs is 3. The number of hydrogen-bond acceptors (Lipinski definition) is 5. The van der Waals surface area contributed by atoms with Crippen LogP contribution < -0.4 is 5.32 Å². The molecule has 0 saturated carbocycles. The number of aliphatic imine (C=N–C) groups is 2. The second kappa shape index (κ2) is 9.03. The summed E-state index contributed by atoms with van der Waals surface area (Å²) in [5.74, 6) is -0.784. The fourth-order valence-electron chi connectivity index (χ4n) is 3.85. The van der Waals surface area contributed by atoms with Crippen molar-refractivity contribution in [3.05, 3.63) is 95.6 Å². The standard InChI is InChI=1S/C25H17F3N4O2S/c26-25(27,28)17-11-5-7-13-19(17)29-20(33)14-35-24-30-18-12-6-4-10-16(18)22-31-21(23(34)32(22)24)15-8-2-1-3-9-15/h1-13,21H,14H2,(H,29,33). The highest BCUT2D eigenvalue weighted by atomic mass is 32.2. The summed E-state index contributed by atoms with van der Waals surface area (Å²) in [5, 5.41) is 2.55. The molecule has 2 heterocycles. The number of rotatable bonds is 4. The van der Waals surface area contributed by atoms with Crippen molar-refractivity contribution in [1.29, 1.82) is 0 Å². The molecule has 0 fully saturated rings. The second-order valence-electron chi connectivity index (χ2n) is 7.73. The fourth-order valence-corrected chi connectivity index (χ4v) is 4.66. The van der Waals surface area contributed by atoms with Gasteiger partial charge in [0.05, 0.1) is 22.7 Å². The molecule has 0 aromatic heterocycles. The summed E-state index contributed by atoms with van der Waals surface area (Å²) in [7, 11) is 0. The van der Waals surface area contributed by atoms with Gasteiger partial charge < -0.3 is 5.32 Å². The number of alkyl halides is 3. The Morgan fingerprint density at radius 1 is 0.971 bits per heavy atom. The first-order valence-corrected chi connectivity index (χ1v) is 11.5. The van der Waals surface area contributed by atoms with Crippen LogP contribution in [0.3, 0.4) is 0 Å². The van der Waals surface area contributed by atoms with Crippen LogP contribution in [0.2, 0.25) is 0 Å². The van der Waals surface area contributed by atoms with E-state index in [4.69, 9.17) is 0 Å². The molecule has 2 aliphatic rings. The van der Waals surface area contributed by atoms with E-state index in [9.17, 15) is 22.8 Å². The van der Waals surface area contributed by atoms with Crippen molar-refractivity contribution in [2.24, 2.45) is 9.98 Å². The van der Waals surface area contributed by atoms with E-state index in [-0.39, 0.29) is 22.5 Å². The summed E-state index contributed by atoms with van der Waals surface area (Å²) in [6.07, 6.45) is -4.60. The number of amides is 2. The Balaban J connectivity index is 1.39. The Kier molecular flexibility index (Phi) is 5.89. The van der Waals surface area contributed by atoms with Gasteiger partial charge >= 0.3 is 6.18 Å². The van der Waals surface area contributed by atoms with Crippen LogP contribution in [0.25, 0.3) is 0 Å². The molecular formula is C25H17F3N4O2S. The van der Waals surface area contributed by atoms with Gasteiger partial charge in [0.15, 0.2) is 11.2 Å². The van der Waals surface area contributed by atoms with Crippen LogP contribution in [0.4, 0.5) is 24.5 Å². The van der Waals surface area contributed by atoms with Crippen molar-refractivity contribution in [1.82, 2.24) is 4.90 Å². The van der Waals surface area contributed by atoms with Crippen molar-refractivity contribution in [3.8, 4) is 0 Å². The lowest BCUT2D eigenvalue weighted by molar-refractivity contribution is -0.137. The van der Waals surface area contributed by atoms with E-state index in [1.165, 1.54) is 23.1 Å². The average molecular weight is 494 g/mol. The summed E-state index contributed by atoms with van der Waals surface area (Å²) in [6.45, 7) is 0. The third kappa shape index (κ3) is 4.44. The molecule has 0 spiro atoms. The predicted molar refractivity (Wildman–Crippen MR) is 129 cm³/mol. The summed E-state index contributed by atoms with van der Waals surface area (Å²) < 4.78 is 39.7. The molecule has 2 amide bonds. The van der Waals surface area contributed by atoms with Crippen LogP contribution in [0.1, 0.15) is 22.7 Å². The zero-order valence-corrected chi connectivity index (χ0v) is 18.8. The van der Waals surface area contributed by atoms with Crippen LogP contribution >= 0.6 is 11.8 Å². The maximum Gasteiger partial charge on any atom is 0.418 e. The van der Waals surface area contributed by atoms with E-state index in [1.54, 1.807) is 12.1 Å². The maximum atomic E-state index is 13.3. The molecule has 1 atom stereocenters. The summed E-state index contributed by atoms with van der Waals surface area (Å²) in [5.41, 5.74) is 0.742. The normalized spacial score (nSPS) is 16.8. The molecule has 0 saturated heterocycles. The quantitative estimate of drug-likeness (QED) is 0.527. The largest absolute Gasteiger partial charge is 0.418 e. The molecule has 2 aliphatic heterocycles. The molecule has 6 nitrogen and oxygen atoms in total. The fraction of sp³-hybridized carbons (Fsp3) is 0.120. The number of nitrogens with one attached hydrogen (secondary N) is 1. The van der Waals surface area contributed by atoms with E-state index >= 15 is 0 Å². The van der Waals surface area contributed by atoms with E-state index in [1.807, 2.05) is 42.5 Å². The summed E-state index contributed by atoms with van der Waals surface area (Å²) in [4.78, 5) is 36.5. The lowest BCUT2D eigenvalue weighted by atomic mass is 10.1. The number of hydrogen-bond donors (Lipinski definition) is 1. The molecule has 1 N–H and O–H groups in total. The van der Waals surface area contributed by atoms with E-state index < -0.39 is 23.7 Å². The second-order valence-corrected chi connectivity index (χ2v) is 8.67. The molecular weight excluding hydrogens is 477 g/mol. The van der Waals surface area contributed by atoms with Crippen LogP contribution in [0.5, 0.6) is 0 Å². The molecule has 10 heteroatoms. The van der Waals surface area contributed by atoms with Gasteiger partial charge in [0.1, 0.15) is 5.84 Å². The van der Waals surface area contributed by atoms with Gasteiger partial charge in [-0.05, 0) is 29.8 Å². The van der Waals surface area contributed by atoms with Crippen molar-refractivity contribution < 1.29 is 22.8 Å². The van der Waals surface area contributed by atoms with Crippen molar-refractivity contribution in [2.45, 2.75) is 12.2 Å². The van der Waals surface area contributed by atoms with Gasteiger partial charge in [-0.25, -0.2) is 14.9 Å². The Hall–Kier alpha value is -3.92. The number of para-hydroxylation sites is 2. The minimum atomic E-state index is -4.60. The number of nitrogens with zero attached hydrogens (tertiary/aromatic N) is 3. The lowest BCUT2D eigenvalue weighted by Gasteiger charge is -2.25. The molecule has 35 heavy (non-hydrogen) atoms. The number of halogens is 3. The summed E-state index contributed by atoms with van der Waals surface area (Å²) >= 11 is 0.960. The summed E-state index contributed by atoms with van der Waals surface area (Å²) in [6, 6.07) is 20.3. The monoisotopic (exact) mass is 494 g/mol. The highest BCUT2D eigenvalue weighted by molar-refractivity contribution is 8.14. The Labute approximate surface area is 202 Å². The average Bonchev–Trinajstić information content (AvgIpc) is 3.20. The van der Waals surface area contributed by atoms with Gasteiger partial charge in [-0.2, -0.15) is 13.2 Å². The minimum absolute atomic E-state index is 0.241. The third-order valence-electron chi connectivity index (χ3n) is 5.42. The van der Waals surface area contributed by atoms with Gasteiger partial charge in [-0.3, -0.25) is 9.59 Å². The van der Waals surface area contributed by atoms with E-state index in [0.717, 1.165) is 23.4 Å². The van der Waals surface area contributed by atoms with Crippen LogP contribution in [0.15, 0.2) is 88.8 Å². The first-order valence-electron chi connectivity index (χ1n) is 10.6. The van der Waals surface area contributed by atoms with Crippen molar-refractivity contribution >= 4 is 46.0 Å². The van der Waals surface area contributed by atoms with Crippen molar-refractivity contribution in [3.63, 3.8) is 0 Å². The molecule has 3 aromatic carbocycles. The van der Waals surface area contributed by atoms with Gasteiger partial charge in [-0.1, -0.05) is 66.4 Å². The van der Waals surface area contributed by atoms with Crippen LogP contribution in [-0.2, 0) is 15.8 Å². The molecule has 5 rings (SSSR count). The molecule has 0 aliphatic carbocycles. The molecule has 0 bridgehead atoms. The minimum Gasteiger partial charge on any atom is -0.325 e. The molecule has 3 aromatic rings. The predicted octanol–water partition coefficient (Wildman–Crippen LogP) is 5.41. The topological polar surface area (TPSA) is 74.1 Å². The number of benzene rings is 3. The van der Waals surface area contributed by atoms with Gasteiger partial charge in [0, 0.05) is 5.56 Å². The Morgan fingerprint density at radius 3 is 2.43 bits per heavy atom. The van der Waals surface area contributed by atoms with Gasteiger partial charge in [0.25, 0.3) is 5.91 Å². The number of anilines is 1. The molecule has 1 unspecified atom stereocenters. The zero-order valence-electron chi connectivity index (χ0n) is 18.0. The first-order chi connectivity index (χ1) is 16.8. The van der Waals surface area contributed by atoms with Gasteiger partial charge in [-0.15, -0.1) is 0 Å². The maximum absolute atomic E-state index is 13.3. The number of carbonyl (C=O) groups excluding carboxylic acids is 2. The van der Waals surface area contributed by atoms with Crippen LogP contribution in [0, 0.1) is 0 Å². The highest BCUT2D eigenvalue weighted by Gasteiger charge is 2.42. The molecule has 176 valence electrons. The van der Waals surface area contributed by atoms with Crippen molar-refractivity contribution in [2.75, 3.05) is 11.1 Å². The number of amidine groups is 2. The van der Waals surface area contributed by atoms with E-state index in [2.05, 4.69) is 15.3 Å². The molecule has 0 radical (unpaired) electrons. The Morgan fingerprint density at radius 2 is 1.66 bits per heavy atom. The van der Waals surface area contributed by atoms with Gasteiger partial charge in [0.2, 0.25) is 5.91 Å².